The monoisotopic (exact) mass is 389 g/mol. The number of carbonyl (C=O) groups is 1. The van der Waals surface area contributed by atoms with Gasteiger partial charge in [-0.1, -0.05) is 30.3 Å². The standard InChI is InChI=1S/C20H23NO5S/c1-13-8-6-9-14(2)17(13)26-27(23)21(5)19(22)24-16-11-7-10-15-12-20(3,4)25-18(15)16/h6-11H,12H2,1-5H3. The smallest absolute Gasteiger partial charge is 0.429 e. The average Bonchev–Trinajstić information content (AvgIpc) is 2.92. The highest BCUT2D eigenvalue weighted by Crippen LogP contribution is 2.41. The lowest BCUT2D eigenvalue weighted by Gasteiger charge is -2.19. The molecule has 0 N–H and O–H groups in total. The van der Waals surface area contributed by atoms with E-state index in [1.54, 1.807) is 12.1 Å². The second-order valence-electron chi connectivity index (χ2n) is 7.17. The first-order chi connectivity index (χ1) is 12.7. The zero-order valence-corrected chi connectivity index (χ0v) is 16.9. The first kappa shape index (κ1) is 19.2. The summed E-state index contributed by atoms with van der Waals surface area (Å²) in [6, 6.07) is 11.0. The van der Waals surface area contributed by atoms with Crippen molar-refractivity contribution in [3.8, 4) is 17.2 Å². The minimum absolute atomic E-state index is 0.305. The number of carbonyl (C=O) groups excluding carboxylic acids is 1. The number of nitrogens with zero attached hydrogens (tertiary/aromatic N) is 1. The van der Waals surface area contributed by atoms with Crippen molar-refractivity contribution in [2.45, 2.75) is 39.7 Å². The maximum Gasteiger partial charge on any atom is 0.429 e. The van der Waals surface area contributed by atoms with Crippen molar-refractivity contribution in [1.29, 1.82) is 0 Å². The van der Waals surface area contributed by atoms with Gasteiger partial charge in [0.2, 0.25) is 0 Å². The molecule has 3 rings (SSSR count). The summed E-state index contributed by atoms with van der Waals surface area (Å²) >= 11 is -2.04. The van der Waals surface area contributed by atoms with E-state index in [2.05, 4.69) is 0 Å². The van der Waals surface area contributed by atoms with Crippen LogP contribution in [0.3, 0.4) is 0 Å². The highest BCUT2D eigenvalue weighted by atomic mass is 32.2. The quantitative estimate of drug-likeness (QED) is 0.787. The van der Waals surface area contributed by atoms with Crippen molar-refractivity contribution in [3.05, 3.63) is 53.1 Å². The van der Waals surface area contributed by atoms with Crippen LogP contribution in [-0.2, 0) is 17.7 Å². The summed E-state index contributed by atoms with van der Waals surface area (Å²) in [5, 5.41) is 0. The Hall–Kier alpha value is -2.54. The van der Waals surface area contributed by atoms with Gasteiger partial charge in [-0.05, 0) is 44.9 Å². The molecule has 2 aromatic rings. The molecule has 0 aliphatic carbocycles. The summed E-state index contributed by atoms with van der Waals surface area (Å²) in [6.07, 6.45) is -0.0631. The lowest BCUT2D eigenvalue weighted by atomic mass is 10.0. The predicted molar refractivity (Wildman–Crippen MR) is 103 cm³/mol. The van der Waals surface area contributed by atoms with Crippen LogP contribution in [0.2, 0.25) is 0 Å². The molecular weight excluding hydrogens is 366 g/mol. The maximum absolute atomic E-state index is 12.5. The molecule has 0 aromatic heterocycles. The SMILES string of the molecule is Cc1cccc(C)c1OS(=O)N(C)C(=O)Oc1cccc2c1OC(C)(C)C2. The zero-order valence-electron chi connectivity index (χ0n) is 16.1. The molecule has 0 fully saturated rings. The Labute approximate surface area is 161 Å². The van der Waals surface area contributed by atoms with E-state index < -0.39 is 17.4 Å². The Morgan fingerprint density at radius 3 is 2.44 bits per heavy atom. The van der Waals surface area contributed by atoms with Crippen LogP contribution in [0.1, 0.15) is 30.5 Å². The van der Waals surface area contributed by atoms with Crippen LogP contribution in [0.4, 0.5) is 4.79 Å². The molecule has 1 unspecified atom stereocenters. The van der Waals surface area contributed by atoms with Crippen molar-refractivity contribution >= 4 is 17.4 Å². The number of para-hydroxylation sites is 2. The van der Waals surface area contributed by atoms with Gasteiger partial charge in [-0.25, -0.2) is 4.79 Å². The number of fused-ring (bicyclic) bond motifs is 1. The summed E-state index contributed by atoms with van der Waals surface area (Å²) < 4.78 is 30.2. The molecule has 1 heterocycles. The Bertz CT molecular complexity index is 889. The fourth-order valence-electron chi connectivity index (χ4n) is 2.94. The highest BCUT2D eigenvalue weighted by Gasteiger charge is 2.33. The van der Waals surface area contributed by atoms with E-state index in [0.29, 0.717) is 17.2 Å². The van der Waals surface area contributed by atoms with Gasteiger partial charge in [0, 0.05) is 19.0 Å². The van der Waals surface area contributed by atoms with E-state index >= 15 is 0 Å². The van der Waals surface area contributed by atoms with Crippen LogP contribution in [0, 0.1) is 13.8 Å². The van der Waals surface area contributed by atoms with E-state index in [0.717, 1.165) is 27.4 Å². The molecule has 1 aliphatic rings. The Morgan fingerprint density at radius 2 is 1.78 bits per heavy atom. The van der Waals surface area contributed by atoms with Gasteiger partial charge in [-0.2, -0.15) is 8.51 Å². The van der Waals surface area contributed by atoms with Crippen molar-refractivity contribution < 1.29 is 22.7 Å². The third kappa shape index (κ3) is 4.08. The summed E-state index contributed by atoms with van der Waals surface area (Å²) in [5.74, 6) is 1.34. The van der Waals surface area contributed by atoms with Crippen molar-refractivity contribution in [3.63, 3.8) is 0 Å². The molecule has 6 nitrogen and oxygen atoms in total. The van der Waals surface area contributed by atoms with Crippen LogP contribution in [0.25, 0.3) is 0 Å². The molecule has 7 heteroatoms. The first-order valence-electron chi connectivity index (χ1n) is 8.61. The lowest BCUT2D eigenvalue weighted by molar-refractivity contribution is 0.131. The maximum atomic E-state index is 12.5. The first-order valence-corrected chi connectivity index (χ1v) is 9.64. The van der Waals surface area contributed by atoms with Crippen LogP contribution in [-0.4, -0.2) is 27.3 Å². The topological polar surface area (TPSA) is 65.1 Å². The number of ether oxygens (including phenoxy) is 2. The van der Waals surface area contributed by atoms with Gasteiger partial charge < -0.3 is 13.7 Å². The van der Waals surface area contributed by atoms with Gasteiger partial charge in [-0.15, -0.1) is 0 Å². The summed E-state index contributed by atoms with van der Waals surface area (Å²) in [7, 11) is 1.36. The second kappa shape index (κ2) is 7.23. The fourth-order valence-corrected chi connectivity index (χ4v) is 3.62. The van der Waals surface area contributed by atoms with Crippen LogP contribution in [0.5, 0.6) is 17.2 Å². The molecule has 1 aliphatic heterocycles. The Balaban J connectivity index is 1.72. The minimum atomic E-state index is -2.04. The fraction of sp³-hybridized carbons (Fsp3) is 0.350. The molecule has 27 heavy (non-hydrogen) atoms. The lowest BCUT2D eigenvalue weighted by Crippen LogP contribution is -2.34. The van der Waals surface area contributed by atoms with E-state index in [1.165, 1.54) is 7.05 Å². The second-order valence-corrected chi connectivity index (χ2v) is 8.32. The number of hydrogen-bond acceptors (Lipinski definition) is 5. The van der Waals surface area contributed by atoms with E-state index in [4.69, 9.17) is 13.7 Å². The summed E-state index contributed by atoms with van der Waals surface area (Å²) in [4.78, 5) is 12.5. The normalized spacial score (nSPS) is 15.4. The molecule has 1 amide bonds. The number of rotatable bonds is 4. The van der Waals surface area contributed by atoms with Gasteiger partial charge in [0.25, 0.3) is 0 Å². The van der Waals surface area contributed by atoms with E-state index in [1.807, 2.05) is 52.0 Å². The molecular formula is C20H23NO5S. The largest absolute Gasteiger partial charge is 0.483 e. The van der Waals surface area contributed by atoms with Gasteiger partial charge >= 0.3 is 17.4 Å². The Morgan fingerprint density at radius 1 is 1.15 bits per heavy atom. The molecule has 2 aromatic carbocycles. The van der Waals surface area contributed by atoms with Crippen LogP contribution in [0.15, 0.2) is 36.4 Å². The predicted octanol–water partition coefficient (Wildman–Crippen LogP) is 4.11. The number of hydrogen-bond donors (Lipinski definition) is 0. The van der Waals surface area contributed by atoms with Crippen LogP contribution < -0.4 is 13.7 Å². The van der Waals surface area contributed by atoms with Gasteiger partial charge in [-0.3, -0.25) is 0 Å². The van der Waals surface area contributed by atoms with Crippen LogP contribution >= 0.6 is 0 Å². The summed E-state index contributed by atoms with van der Waals surface area (Å²) in [6.45, 7) is 7.64. The number of aryl methyl sites for hydroxylation is 2. The van der Waals surface area contributed by atoms with Gasteiger partial charge in [0.15, 0.2) is 11.5 Å². The molecule has 0 radical (unpaired) electrons. The molecule has 0 spiro atoms. The molecule has 144 valence electrons. The zero-order chi connectivity index (χ0) is 19.8. The molecule has 0 saturated carbocycles. The van der Waals surface area contributed by atoms with Gasteiger partial charge in [0.05, 0.1) is 0 Å². The van der Waals surface area contributed by atoms with Crippen molar-refractivity contribution in [1.82, 2.24) is 4.31 Å². The van der Waals surface area contributed by atoms with Crippen molar-refractivity contribution in [2.75, 3.05) is 7.05 Å². The van der Waals surface area contributed by atoms with E-state index in [9.17, 15) is 9.00 Å². The molecule has 0 bridgehead atoms. The molecule has 1 atom stereocenters. The summed E-state index contributed by atoms with van der Waals surface area (Å²) in [5.41, 5.74) is 2.29. The number of amides is 1. The van der Waals surface area contributed by atoms with Crippen molar-refractivity contribution in [2.24, 2.45) is 0 Å². The number of benzene rings is 2. The average molecular weight is 389 g/mol. The Kier molecular flexibility index (Phi) is 5.15. The minimum Gasteiger partial charge on any atom is -0.483 e. The van der Waals surface area contributed by atoms with Gasteiger partial charge in [0.1, 0.15) is 11.4 Å². The third-order valence-electron chi connectivity index (χ3n) is 4.30. The third-order valence-corrected chi connectivity index (χ3v) is 5.20. The molecule has 0 saturated heterocycles. The highest BCUT2D eigenvalue weighted by molar-refractivity contribution is 7.78. The van der Waals surface area contributed by atoms with E-state index in [-0.39, 0.29) is 5.60 Å².